The van der Waals surface area contributed by atoms with Crippen molar-refractivity contribution in [3.8, 4) is 17.0 Å². The Bertz CT molecular complexity index is 1340. The Morgan fingerprint density at radius 2 is 1.62 bits per heavy atom. The Morgan fingerprint density at radius 3 is 2.31 bits per heavy atom. The Morgan fingerprint density at radius 1 is 0.938 bits per heavy atom. The van der Waals surface area contributed by atoms with E-state index in [0.29, 0.717) is 23.0 Å². The van der Waals surface area contributed by atoms with Crippen molar-refractivity contribution in [3.05, 3.63) is 82.8 Å². The third kappa shape index (κ3) is 4.83. The monoisotopic (exact) mass is 489 g/mol. The number of hydrogen-bond acceptors (Lipinski definition) is 6. The minimum Gasteiger partial charge on any atom is -0.497 e. The van der Waals surface area contributed by atoms with Gasteiger partial charge in [0.2, 0.25) is 5.88 Å². The molecule has 0 bridgehead atoms. The Labute approximate surface area is 195 Å². The number of halogens is 2. The molecule has 0 saturated heterocycles. The minimum atomic E-state index is -3.89. The average Bonchev–Trinajstić information content (AvgIpc) is 3.25. The first kappa shape index (κ1) is 22.0. The lowest BCUT2D eigenvalue weighted by molar-refractivity contribution is 0.415. The fraction of sp³-hybridized carbons (Fsp3) is 0.0455. The van der Waals surface area contributed by atoms with Crippen LogP contribution in [0.4, 0.5) is 17.3 Å². The molecule has 164 valence electrons. The van der Waals surface area contributed by atoms with Crippen LogP contribution in [-0.4, -0.2) is 20.7 Å². The van der Waals surface area contributed by atoms with Crippen molar-refractivity contribution < 1.29 is 17.7 Å². The lowest BCUT2D eigenvalue weighted by atomic mass is 10.1. The van der Waals surface area contributed by atoms with Crippen LogP contribution in [0.5, 0.6) is 5.75 Å². The van der Waals surface area contributed by atoms with E-state index in [2.05, 4.69) is 15.2 Å². The van der Waals surface area contributed by atoms with Crippen molar-refractivity contribution in [1.29, 1.82) is 0 Å². The van der Waals surface area contributed by atoms with Gasteiger partial charge in [-0.05, 0) is 60.7 Å². The minimum absolute atomic E-state index is 0.0297. The van der Waals surface area contributed by atoms with Crippen LogP contribution in [0.15, 0.2) is 82.2 Å². The van der Waals surface area contributed by atoms with Crippen LogP contribution in [0.3, 0.4) is 0 Å². The maximum Gasteiger partial charge on any atom is 0.263 e. The van der Waals surface area contributed by atoms with E-state index < -0.39 is 10.0 Å². The highest BCUT2D eigenvalue weighted by atomic mass is 35.5. The lowest BCUT2D eigenvalue weighted by Crippen LogP contribution is -2.13. The number of methoxy groups -OCH3 is 1. The van der Waals surface area contributed by atoms with E-state index >= 15 is 0 Å². The van der Waals surface area contributed by atoms with Gasteiger partial charge in [0.25, 0.3) is 10.0 Å². The van der Waals surface area contributed by atoms with Crippen molar-refractivity contribution >= 4 is 50.5 Å². The van der Waals surface area contributed by atoms with E-state index in [1.807, 2.05) is 24.3 Å². The van der Waals surface area contributed by atoms with Gasteiger partial charge in [0.15, 0.2) is 0 Å². The quantitative estimate of drug-likeness (QED) is 0.320. The van der Waals surface area contributed by atoms with E-state index in [-0.39, 0.29) is 14.9 Å². The summed E-state index contributed by atoms with van der Waals surface area (Å²) in [6, 6.07) is 20.3. The first-order valence-corrected chi connectivity index (χ1v) is 11.5. The van der Waals surface area contributed by atoms with Gasteiger partial charge < -0.3 is 14.6 Å². The predicted molar refractivity (Wildman–Crippen MR) is 125 cm³/mol. The fourth-order valence-electron chi connectivity index (χ4n) is 2.90. The average molecular weight is 490 g/mol. The Hall–Kier alpha value is -3.20. The zero-order valence-electron chi connectivity index (χ0n) is 16.7. The van der Waals surface area contributed by atoms with Crippen LogP contribution in [0.25, 0.3) is 11.3 Å². The molecule has 0 amide bonds. The highest BCUT2D eigenvalue weighted by Crippen LogP contribution is 2.31. The molecule has 1 heterocycles. The molecule has 0 atom stereocenters. The van der Waals surface area contributed by atoms with Gasteiger partial charge in [-0.1, -0.05) is 34.4 Å². The van der Waals surface area contributed by atoms with Crippen molar-refractivity contribution in [2.24, 2.45) is 0 Å². The second-order valence-electron chi connectivity index (χ2n) is 6.66. The summed E-state index contributed by atoms with van der Waals surface area (Å²) in [5.74, 6) is 1.19. The molecule has 3 aromatic carbocycles. The first-order chi connectivity index (χ1) is 15.4. The van der Waals surface area contributed by atoms with Gasteiger partial charge >= 0.3 is 0 Å². The molecule has 0 radical (unpaired) electrons. The van der Waals surface area contributed by atoms with Gasteiger partial charge in [-0.25, -0.2) is 8.42 Å². The zero-order valence-corrected chi connectivity index (χ0v) is 19.0. The normalized spacial score (nSPS) is 11.2. The number of benzene rings is 3. The Kier molecular flexibility index (Phi) is 6.27. The SMILES string of the molecule is COc1ccc(-c2cc(Nc3ccc(NS(=O)(=O)c4cccc(Cl)c4Cl)cc3)on2)cc1. The van der Waals surface area contributed by atoms with E-state index in [0.717, 1.165) is 11.3 Å². The molecular formula is C22H17Cl2N3O4S. The number of aromatic nitrogens is 1. The summed E-state index contributed by atoms with van der Waals surface area (Å²) in [6.07, 6.45) is 0. The van der Waals surface area contributed by atoms with Crippen LogP contribution in [-0.2, 0) is 10.0 Å². The lowest BCUT2D eigenvalue weighted by Gasteiger charge is -2.11. The van der Waals surface area contributed by atoms with Crippen molar-refractivity contribution in [2.75, 3.05) is 17.1 Å². The van der Waals surface area contributed by atoms with Gasteiger partial charge in [-0.15, -0.1) is 0 Å². The molecule has 4 rings (SSSR count). The maximum absolute atomic E-state index is 12.6. The zero-order chi connectivity index (χ0) is 22.7. The summed E-state index contributed by atoms with van der Waals surface area (Å²) < 4.78 is 38.2. The predicted octanol–water partition coefficient (Wildman–Crippen LogP) is 6.20. The number of rotatable bonds is 7. The number of sulfonamides is 1. The molecule has 1 aromatic heterocycles. The van der Waals surface area contributed by atoms with Crippen LogP contribution in [0.2, 0.25) is 10.0 Å². The van der Waals surface area contributed by atoms with Gasteiger partial charge in [0, 0.05) is 23.0 Å². The summed E-state index contributed by atoms with van der Waals surface area (Å²) in [5.41, 5.74) is 2.60. The number of nitrogens with zero attached hydrogens (tertiary/aromatic N) is 1. The van der Waals surface area contributed by atoms with Gasteiger partial charge in [0.05, 0.1) is 17.2 Å². The molecule has 0 aliphatic heterocycles. The highest BCUT2D eigenvalue weighted by Gasteiger charge is 2.19. The molecule has 0 unspecified atom stereocenters. The summed E-state index contributed by atoms with van der Waals surface area (Å²) >= 11 is 12.0. The van der Waals surface area contributed by atoms with E-state index in [1.165, 1.54) is 18.2 Å². The van der Waals surface area contributed by atoms with E-state index in [4.69, 9.17) is 32.5 Å². The van der Waals surface area contributed by atoms with Gasteiger partial charge in [-0.2, -0.15) is 0 Å². The Balaban J connectivity index is 1.45. The first-order valence-electron chi connectivity index (χ1n) is 9.31. The number of ether oxygens (including phenoxy) is 1. The molecule has 0 aliphatic carbocycles. The van der Waals surface area contributed by atoms with E-state index in [1.54, 1.807) is 37.4 Å². The molecule has 32 heavy (non-hydrogen) atoms. The highest BCUT2D eigenvalue weighted by molar-refractivity contribution is 7.92. The number of hydrogen-bond donors (Lipinski definition) is 2. The molecule has 0 spiro atoms. The second-order valence-corrected chi connectivity index (χ2v) is 9.10. The summed E-state index contributed by atoms with van der Waals surface area (Å²) in [6.45, 7) is 0. The molecule has 0 fully saturated rings. The van der Waals surface area contributed by atoms with Gasteiger partial charge in [0.1, 0.15) is 16.3 Å². The van der Waals surface area contributed by atoms with E-state index in [9.17, 15) is 8.42 Å². The largest absolute Gasteiger partial charge is 0.497 e. The standard InChI is InChI=1S/C22H17Cl2N3O4S/c1-30-17-11-5-14(6-12-17)19-13-21(31-26-19)25-15-7-9-16(10-8-15)27-32(28,29)20-4-2-3-18(23)22(20)24/h2-13,25,27H,1H3. The molecule has 2 N–H and O–H groups in total. The summed E-state index contributed by atoms with van der Waals surface area (Å²) in [7, 11) is -2.29. The summed E-state index contributed by atoms with van der Waals surface area (Å²) in [4.78, 5) is -0.0958. The fourth-order valence-corrected chi connectivity index (χ4v) is 4.72. The molecule has 10 heteroatoms. The van der Waals surface area contributed by atoms with Crippen molar-refractivity contribution in [1.82, 2.24) is 5.16 Å². The number of anilines is 3. The van der Waals surface area contributed by atoms with Crippen molar-refractivity contribution in [2.45, 2.75) is 4.90 Å². The van der Waals surface area contributed by atoms with Crippen LogP contribution >= 0.6 is 23.2 Å². The summed E-state index contributed by atoms with van der Waals surface area (Å²) in [5, 5.41) is 7.28. The third-order valence-corrected chi connectivity index (χ3v) is 6.86. The number of nitrogens with one attached hydrogen (secondary N) is 2. The molecule has 0 aliphatic rings. The third-order valence-electron chi connectivity index (χ3n) is 4.51. The van der Waals surface area contributed by atoms with Crippen LogP contribution in [0, 0.1) is 0 Å². The molecule has 4 aromatic rings. The second kappa shape index (κ2) is 9.12. The molecule has 0 saturated carbocycles. The smallest absolute Gasteiger partial charge is 0.263 e. The topological polar surface area (TPSA) is 93.5 Å². The maximum atomic E-state index is 12.6. The van der Waals surface area contributed by atoms with Crippen LogP contribution < -0.4 is 14.8 Å². The molecule has 7 nitrogen and oxygen atoms in total. The molecular weight excluding hydrogens is 473 g/mol. The van der Waals surface area contributed by atoms with Gasteiger partial charge in [-0.3, -0.25) is 4.72 Å². The van der Waals surface area contributed by atoms with Crippen LogP contribution in [0.1, 0.15) is 0 Å². The van der Waals surface area contributed by atoms with Crippen molar-refractivity contribution in [3.63, 3.8) is 0 Å².